The van der Waals surface area contributed by atoms with Crippen LogP contribution < -0.4 is 10.2 Å². The first-order valence-electron chi connectivity index (χ1n) is 21.5. The lowest BCUT2D eigenvalue weighted by atomic mass is 9.71. The number of benzene rings is 3. The number of likely N-dealkylation sites (tertiary alicyclic amines) is 1. The molecule has 7 heterocycles. The lowest BCUT2D eigenvalue weighted by molar-refractivity contribution is -0.137. The minimum atomic E-state index is -2.68. The molecule has 0 bridgehead atoms. The molecule has 3 saturated heterocycles. The first-order valence-corrected chi connectivity index (χ1v) is 21.5. The highest BCUT2D eigenvalue weighted by molar-refractivity contribution is 6.23. The van der Waals surface area contributed by atoms with E-state index in [1.807, 2.05) is 45.9 Å². The fourth-order valence-electron chi connectivity index (χ4n) is 11.1. The summed E-state index contributed by atoms with van der Waals surface area (Å²) in [6.07, 6.45) is 1.14. The van der Waals surface area contributed by atoms with Crippen molar-refractivity contribution in [2.24, 2.45) is 5.41 Å². The molecule has 3 fully saturated rings. The van der Waals surface area contributed by atoms with Gasteiger partial charge in [0, 0.05) is 79.6 Å². The Bertz CT molecular complexity index is 2480. The van der Waals surface area contributed by atoms with Crippen LogP contribution in [0.2, 0.25) is 0 Å². The number of halogens is 4. The van der Waals surface area contributed by atoms with Crippen LogP contribution in [0, 0.1) is 17.0 Å². The third kappa shape index (κ3) is 6.85. The maximum Gasteiger partial charge on any atom is 0.262 e. The van der Waals surface area contributed by atoms with Gasteiger partial charge < -0.3 is 14.8 Å². The van der Waals surface area contributed by atoms with Crippen molar-refractivity contribution in [3.05, 3.63) is 99.2 Å². The highest BCUT2D eigenvalue weighted by Crippen LogP contribution is 2.46. The van der Waals surface area contributed by atoms with Gasteiger partial charge in [0.1, 0.15) is 17.7 Å². The van der Waals surface area contributed by atoms with E-state index in [0.717, 1.165) is 58.2 Å². The van der Waals surface area contributed by atoms with E-state index in [1.165, 1.54) is 17.0 Å². The first kappa shape index (κ1) is 40.5. The second kappa shape index (κ2) is 15.3. The fourth-order valence-corrected chi connectivity index (χ4v) is 11.1. The molecule has 0 saturated carbocycles. The molecule has 0 radical (unpaired) electrons. The average Bonchev–Trinajstić information content (AvgIpc) is 3.88. The number of aromatic amines is 1. The molecule has 3 aromatic carbocycles. The minimum Gasteiger partial charge on any atom is -0.371 e. The van der Waals surface area contributed by atoms with Gasteiger partial charge in [-0.2, -0.15) is 0 Å². The number of rotatable bonds is 7. The molecular formula is C46H47F4N7O5. The van der Waals surface area contributed by atoms with Crippen molar-refractivity contribution in [1.29, 1.82) is 0 Å². The standard InChI is InChI=1S/C46H47F4N7O5/c1-25-16-30-29-4-2-3-5-35(29)51-41(30)42(56(25)23-37(49)50)40-33(47)19-28(20-34(40)48)54-12-8-46(9-13-54)10-14-55(15-11-46)39(59)24-53-21-26-17-31-32(18-27(26)22-53)45(62)57(44(31)61)36-6-7-38(58)52-43(36)60/h2-5,17-20,25,36-37,42,51H,6-16,21-24H2,1H3,(H,52,58,60)/t25-,36?,42-/m1/s1. The summed E-state index contributed by atoms with van der Waals surface area (Å²) < 4.78 is 60.5. The van der Waals surface area contributed by atoms with Gasteiger partial charge in [0.15, 0.2) is 0 Å². The van der Waals surface area contributed by atoms with Crippen LogP contribution in [-0.2, 0) is 33.9 Å². The number of alkyl halides is 2. The van der Waals surface area contributed by atoms with Crippen LogP contribution in [0.15, 0.2) is 48.5 Å². The average molecular weight is 854 g/mol. The normalized spacial score (nSPS) is 24.0. The summed E-state index contributed by atoms with van der Waals surface area (Å²) in [5.74, 6) is -3.73. The first-order chi connectivity index (χ1) is 29.8. The number of imide groups is 2. The Hall–Kier alpha value is -5.61. The van der Waals surface area contributed by atoms with Gasteiger partial charge in [0.25, 0.3) is 18.2 Å². The number of aromatic nitrogens is 1. The lowest BCUT2D eigenvalue weighted by Crippen LogP contribution is -2.54. The molecule has 6 aliphatic heterocycles. The Kier molecular flexibility index (Phi) is 10.0. The number of nitrogens with one attached hydrogen (secondary N) is 2. The molecule has 324 valence electrons. The minimum absolute atomic E-state index is 0.00102. The number of fused-ring (bicyclic) bond motifs is 5. The topological polar surface area (TPSA) is 129 Å². The van der Waals surface area contributed by atoms with Crippen LogP contribution in [0.3, 0.4) is 0 Å². The van der Waals surface area contributed by atoms with E-state index in [-0.39, 0.29) is 53.4 Å². The zero-order chi connectivity index (χ0) is 43.2. The van der Waals surface area contributed by atoms with Gasteiger partial charge in [0.2, 0.25) is 17.7 Å². The molecule has 5 amide bonds. The third-order valence-corrected chi connectivity index (χ3v) is 14.5. The molecule has 1 aromatic heterocycles. The molecule has 4 aromatic rings. The molecule has 62 heavy (non-hydrogen) atoms. The highest BCUT2D eigenvalue weighted by Gasteiger charge is 2.46. The van der Waals surface area contributed by atoms with Crippen molar-refractivity contribution in [2.45, 2.75) is 89.5 Å². The molecule has 6 aliphatic rings. The Morgan fingerprint density at radius 3 is 2.13 bits per heavy atom. The van der Waals surface area contributed by atoms with Gasteiger partial charge in [-0.3, -0.25) is 44.0 Å². The summed E-state index contributed by atoms with van der Waals surface area (Å²) >= 11 is 0. The molecule has 16 heteroatoms. The summed E-state index contributed by atoms with van der Waals surface area (Å²) in [7, 11) is 0. The quantitative estimate of drug-likeness (QED) is 0.180. The third-order valence-electron chi connectivity index (χ3n) is 14.5. The van der Waals surface area contributed by atoms with Crippen molar-refractivity contribution < 1.29 is 41.5 Å². The number of carbonyl (C=O) groups excluding carboxylic acids is 5. The van der Waals surface area contributed by atoms with E-state index >= 15 is 8.78 Å². The molecule has 10 rings (SSSR count). The van der Waals surface area contributed by atoms with Crippen LogP contribution >= 0.6 is 0 Å². The SMILES string of the molecule is C[C@@H]1Cc2c([nH]c3ccccc23)[C@@H](c2c(F)cc(N3CCC4(CCN(C(=O)CN5Cc6cc7c(cc6C5)C(=O)N(C5CCC(=O)NC5=O)C7=O)CC4)CC3)cc2F)N1CC(F)F. The van der Waals surface area contributed by atoms with Crippen LogP contribution in [0.25, 0.3) is 10.9 Å². The van der Waals surface area contributed by atoms with Gasteiger partial charge >= 0.3 is 0 Å². The van der Waals surface area contributed by atoms with E-state index in [9.17, 15) is 32.8 Å². The van der Waals surface area contributed by atoms with Gasteiger partial charge in [0.05, 0.1) is 30.3 Å². The number of para-hydroxylation sites is 1. The number of amides is 5. The van der Waals surface area contributed by atoms with Crippen molar-refractivity contribution in [2.75, 3.05) is 44.2 Å². The number of H-pyrrole nitrogens is 1. The van der Waals surface area contributed by atoms with Crippen molar-refractivity contribution in [3.63, 3.8) is 0 Å². The highest BCUT2D eigenvalue weighted by atomic mass is 19.3. The van der Waals surface area contributed by atoms with Gasteiger partial charge in [-0.15, -0.1) is 0 Å². The van der Waals surface area contributed by atoms with Crippen LogP contribution in [0.1, 0.15) is 100 Å². The van der Waals surface area contributed by atoms with E-state index in [0.29, 0.717) is 57.1 Å². The Balaban J connectivity index is 0.758. The van der Waals surface area contributed by atoms with Gasteiger partial charge in [-0.25, -0.2) is 17.6 Å². The van der Waals surface area contributed by atoms with E-state index in [4.69, 9.17) is 0 Å². The Labute approximate surface area is 355 Å². The molecule has 1 spiro atoms. The number of piperidine rings is 3. The number of nitrogens with zero attached hydrogens (tertiary/aromatic N) is 5. The van der Waals surface area contributed by atoms with Crippen LogP contribution in [0.4, 0.5) is 23.2 Å². The fraction of sp³-hybridized carbons (Fsp3) is 0.457. The number of hydrogen-bond acceptors (Lipinski definition) is 8. The number of hydrogen-bond donors (Lipinski definition) is 2. The number of anilines is 1. The summed E-state index contributed by atoms with van der Waals surface area (Å²) in [6, 6.07) is 11.2. The molecule has 1 unspecified atom stereocenters. The van der Waals surface area contributed by atoms with E-state index in [2.05, 4.69) is 10.3 Å². The van der Waals surface area contributed by atoms with Crippen molar-refractivity contribution in [3.8, 4) is 0 Å². The van der Waals surface area contributed by atoms with Crippen LogP contribution in [-0.4, -0.2) is 112 Å². The molecular weight excluding hydrogens is 807 g/mol. The van der Waals surface area contributed by atoms with E-state index in [1.54, 1.807) is 12.1 Å². The Morgan fingerprint density at radius 1 is 0.871 bits per heavy atom. The second-order valence-electron chi connectivity index (χ2n) is 18.1. The molecule has 12 nitrogen and oxygen atoms in total. The molecule has 0 aliphatic carbocycles. The van der Waals surface area contributed by atoms with Gasteiger partial charge in [-0.1, -0.05) is 18.2 Å². The summed E-state index contributed by atoms with van der Waals surface area (Å²) in [4.78, 5) is 76.0. The maximum absolute atomic E-state index is 16.3. The van der Waals surface area contributed by atoms with Crippen LogP contribution in [0.5, 0.6) is 0 Å². The molecule has 2 N–H and O–H groups in total. The summed E-state index contributed by atoms with van der Waals surface area (Å²) in [5, 5.41) is 3.14. The lowest BCUT2D eigenvalue weighted by Gasteiger charge is -2.47. The second-order valence-corrected chi connectivity index (χ2v) is 18.1. The Morgan fingerprint density at radius 2 is 1.50 bits per heavy atom. The summed E-state index contributed by atoms with van der Waals surface area (Å²) in [5.41, 5.74) is 4.57. The molecule has 3 atom stereocenters. The summed E-state index contributed by atoms with van der Waals surface area (Å²) in [6.45, 7) is 4.61. The van der Waals surface area contributed by atoms with Crippen molar-refractivity contribution >= 4 is 46.1 Å². The van der Waals surface area contributed by atoms with Gasteiger partial charge in [-0.05, 0) is 97.9 Å². The maximum atomic E-state index is 16.3. The zero-order valence-electron chi connectivity index (χ0n) is 34.3. The predicted molar refractivity (Wildman–Crippen MR) is 219 cm³/mol. The monoisotopic (exact) mass is 853 g/mol. The zero-order valence-corrected chi connectivity index (χ0v) is 34.3. The van der Waals surface area contributed by atoms with Crippen molar-refractivity contribution in [1.82, 2.24) is 29.9 Å². The number of carbonyl (C=O) groups is 5. The van der Waals surface area contributed by atoms with E-state index < -0.39 is 60.3 Å². The largest absolute Gasteiger partial charge is 0.371 e. The predicted octanol–water partition coefficient (Wildman–Crippen LogP) is 5.67. The smallest absolute Gasteiger partial charge is 0.262 e.